The van der Waals surface area contributed by atoms with E-state index in [0.29, 0.717) is 42.7 Å². The third-order valence-electron chi connectivity index (χ3n) is 6.06. The second-order valence-electron chi connectivity index (χ2n) is 8.97. The second kappa shape index (κ2) is 10.9. The maximum Gasteiger partial charge on any atom is 0.290 e. The number of carbonyl (C=O) groups excluding carboxylic acids is 1. The molecule has 0 aliphatic carbocycles. The van der Waals surface area contributed by atoms with Crippen molar-refractivity contribution in [1.82, 2.24) is 4.90 Å². The van der Waals surface area contributed by atoms with Crippen molar-refractivity contribution in [2.45, 2.75) is 58.6 Å². The Kier molecular flexibility index (Phi) is 7.68. The van der Waals surface area contributed by atoms with Crippen molar-refractivity contribution in [1.29, 1.82) is 0 Å². The number of amides is 1. The minimum Gasteiger partial charge on any atom is -0.494 e. The van der Waals surface area contributed by atoms with Gasteiger partial charge in [0.25, 0.3) is 5.91 Å². The Balaban J connectivity index is 1.71. The largest absolute Gasteiger partial charge is 0.494 e. The van der Waals surface area contributed by atoms with Crippen molar-refractivity contribution in [3.8, 4) is 5.75 Å². The van der Waals surface area contributed by atoms with E-state index < -0.39 is 6.04 Å². The van der Waals surface area contributed by atoms with Gasteiger partial charge in [-0.1, -0.05) is 44.0 Å². The molecule has 0 saturated carbocycles. The van der Waals surface area contributed by atoms with Gasteiger partial charge in [0.05, 0.1) is 29.7 Å². The molecule has 1 amide bonds. The zero-order valence-electron chi connectivity index (χ0n) is 20.2. The van der Waals surface area contributed by atoms with E-state index in [1.807, 2.05) is 44.2 Å². The van der Waals surface area contributed by atoms with Gasteiger partial charge >= 0.3 is 0 Å². The van der Waals surface area contributed by atoms with Gasteiger partial charge < -0.3 is 18.8 Å². The second-order valence-corrected chi connectivity index (χ2v) is 8.97. The minimum absolute atomic E-state index is 0.123. The highest BCUT2D eigenvalue weighted by Gasteiger charge is 2.42. The lowest BCUT2D eigenvalue weighted by atomic mass is 9.98. The summed E-state index contributed by atoms with van der Waals surface area (Å²) < 4.78 is 17.6. The minimum atomic E-state index is -0.526. The van der Waals surface area contributed by atoms with Gasteiger partial charge in [0, 0.05) is 13.2 Å². The maximum absolute atomic E-state index is 13.5. The maximum atomic E-state index is 13.5. The summed E-state index contributed by atoms with van der Waals surface area (Å²) in [6.07, 6.45) is 4.02. The molecule has 0 radical (unpaired) electrons. The molecule has 4 rings (SSSR count). The summed E-state index contributed by atoms with van der Waals surface area (Å²) >= 11 is 0. The first kappa shape index (κ1) is 24.0. The Bertz CT molecular complexity index is 1200. The molecular weight excluding hydrogens is 430 g/mol. The van der Waals surface area contributed by atoms with E-state index in [2.05, 4.69) is 6.92 Å². The number of hydrogen-bond donors (Lipinski definition) is 0. The Morgan fingerprint density at radius 3 is 2.62 bits per heavy atom. The highest BCUT2D eigenvalue weighted by atomic mass is 16.5. The molecule has 3 aromatic rings. The van der Waals surface area contributed by atoms with Gasteiger partial charge in [0.15, 0.2) is 5.43 Å². The Hall–Kier alpha value is -3.12. The molecule has 180 valence electrons. The molecule has 0 saturated heterocycles. The number of nitrogens with zero attached hydrogens (tertiary/aromatic N) is 1. The molecule has 6 heteroatoms. The predicted octanol–water partition coefficient (Wildman–Crippen LogP) is 5.72. The van der Waals surface area contributed by atoms with Crippen LogP contribution in [0.5, 0.6) is 5.75 Å². The Morgan fingerprint density at radius 1 is 1.00 bits per heavy atom. The van der Waals surface area contributed by atoms with Gasteiger partial charge in [-0.05, 0) is 56.5 Å². The molecule has 0 unspecified atom stereocenters. The predicted molar refractivity (Wildman–Crippen MR) is 133 cm³/mol. The van der Waals surface area contributed by atoms with Crippen LogP contribution in [-0.4, -0.2) is 36.7 Å². The molecule has 1 aliphatic rings. The van der Waals surface area contributed by atoms with Gasteiger partial charge in [-0.25, -0.2) is 0 Å². The molecule has 2 aromatic carbocycles. The number of fused-ring (bicyclic) bond motifs is 2. The molecule has 1 atom stereocenters. The Labute approximate surface area is 200 Å². The van der Waals surface area contributed by atoms with Crippen molar-refractivity contribution in [3.05, 3.63) is 75.6 Å². The molecule has 6 nitrogen and oxygen atoms in total. The monoisotopic (exact) mass is 463 g/mol. The summed E-state index contributed by atoms with van der Waals surface area (Å²) in [5, 5.41) is 0.482. The lowest BCUT2D eigenvalue weighted by molar-refractivity contribution is 0.0593. The lowest BCUT2D eigenvalue weighted by Gasteiger charge is -2.25. The van der Waals surface area contributed by atoms with Crippen LogP contribution in [0.2, 0.25) is 0 Å². The standard InChI is InChI=1S/C28H33NO5/c1-4-5-8-16-33-21-12-9-11-20(18-21)25-24-26(30)22-13-6-7-14-23(22)34-27(24)28(31)29(25)15-10-17-32-19(2)3/h6-7,9,11-14,18-19,25H,4-5,8,10,15-17H2,1-3H3/t25-/m0/s1. The third-order valence-corrected chi connectivity index (χ3v) is 6.06. The summed E-state index contributed by atoms with van der Waals surface area (Å²) in [6, 6.07) is 14.3. The van der Waals surface area contributed by atoms with E-state index in [1.54, 1.807) is 23.1 Å². The van der Waals surface area contributed by atoms with E-state index in [1.165, 1.54) is 0 Å². The number of unbranched alkanes of at least 4 members (excludes halogenated alkanes) is 2. The quantitative estimate of drug-likeness (QED) is 0.340. The van der Waals surface area contributed by atoms with Crippen LogP contribution in [0.25, 0.3) is 11.0 Å². The average Bonchev–Trinajstić information content (AvgIpc) is 3.11. The molecular formula is C28H33NO5. The van der Waals surface area contributed by atoms with Gasteiger partial charge in [-0.15, -0.1) is 0 Å². The molecule has 2 heterocycles. The fraction of sp³-hybridized carbons (Fsp3) is 0.429. The van der Waals surface area contributed by atoms with Crippen LogP contribution in [0.15, 0.2) is 57.7 Å². The van der Waals surface area contributed by atoms with Gasteiger partial charge in [0.2, 0.25) is 5.76 Å². The zero-order valence-corrected chi connectivity index (χ0v) is 20.2. The van der Waals surface area contributed by atoms with Crippen molar-refractivity contribution in [3.63, 3.8) is 0 Å². The molecule has 0 bridgehead atoms. The van der Waals surface area contributed by atoms with Gasteiger partial charge in [-0.2, -0.15) is 0 Å². The summed E-state index contributed by atoms with van der Waals surface area (Å²) in [5.41, 5.74) is 1.51. The number of hydrogen-bond acceptors (Lipinski definition) is 5. The van der Waals surface area contributed by atoms with E-state index in [9.17, 15) is 9.59 Å². The summed E-state index contributed by atoms with van der Waals surface area (Å²) in [6.45, 7) is 7.76. The molecule has 34 heavy (non-hydrogen) atoms. The van der Waals surface area contributed by atoms with Crippen LogP contribution in [-0.2, 0) is 4.74 Å². The van der Waals surface area contributed by atoms with Crippen molar-refractivity contribution in [2.24, 2.45) is 0 Å². The molecule has 0 spiro atoms. The van der Waals surface area contributed by atoms with E-state index >= 15 is 0 Å². The summed E-state index contributed by atoms with van der Waals surface area (Å²) in [5.74, 6) is 0.609. The first-order valence-corrected chi connectivity index (χ1v) is 12.2. The van der Waals surface area contributed by atoms with Crippen LogP contribution in [0.1, 0.15) is 74.2 Å². The smallest absolute Gasteiger partial charge is 0.290 e. The van der Waals surface area contributed by atoms with Crippen molar-refractivity contribution < 1.29 is 18.7 Å². The number of para-hydroxylation sites is 1. The van der Waals surface area contributed by atoms with Gasteiger partial charge in [0.1, 0.15) is 11.3 Å². The van der Waals surface area contributed by atoms with Crippen molar-refractivity contribution in [2.75, 3.05) is 19.8 Å². The first-order chi connectivity index (χ1) is 16.5. The fourth-order valence-corrected chi connectivity index (χ4v) is 4.41. The number of ether oxygens (including phenoxy) is 2. The molecule has 0 N–H and O–H groups in total. The van der Waals surface area contributed by atoms with Crippen LogP contribution in [0.4, 0.5) is 0 Å². The molecule has 1 aromatic heterocycles. The number of carbonyl (C=O) groups is 1. The fourth-order valence-electron chi connectivity index (χ4n) is 4.41. The Morgan fingerprint density at radius 2 is 1.82 bits per heavy atom. The highest BCUT2D eigenvalue weighted by Crippen LogP contribution is 2.39. The van der Waals surface area contributed by atoms with E-state index in [4.69, 9.17) is 13.9 Å². The topological polar surface area (TPSA) is 69.0 Å². The lowest BCUT2D eigenvalue weighted by Crippen LogP contribution is -2.31. The van der Waals surface area contributed by atoms with E-state index in [0.717, 1.165) is 30.6 Å². The summed E-state index contributed by atoms with van der Waals surface area (Å²) in [4.78, 5) is 28.7. The SMILES string of the molecule is CCCCCOc1cccc([C@H]2c3c(oc4ccccc4c3=O)C(=O)N2CCCOC(C)C)c1. The number of rotatable bonds is 11. The van der Waals surface area contributed by atoms with Gasteiger partial charge in [-0.3, -0.25) is 9.59 Å². The average molecular weight is 464 g/mol. The van der Waals surface area contributed by atoms with E-state index in [-0.39, 0.29) is 23.2 Å². The first-order valence-electron chi connectivity index (χ1n) is 12.2. The normalized spacial score (nSPS) is 15.4. The van der Waals surface area contributed by atoms with Crippen LogP contribution in [0, 0.1) is 0 Å². The van der Waals surface area contributed by atoms with Crippen LogP contribution >= 0.6 is 0 Å². The van der Waals surface area contributed by atoms with Crippen LogP contribution in [0.3, 0.4) is 0 Å². The molecule has 0 fully saturated rings. The molecule has 1 aliphatic heterocycles. The third kappa shape index (κ3) is 5.02. The zero-order chi connectivity index (χ0) is 24.1. The highest BCUT2D eigenvalue weighted by molar-refractivity contribution is 5.99. The van der Waals surface area contributed by atoms with Crippen LogP contribution < -0.4 is 10.2 Å². The van der Waals surface area contributed by atoms with Crippen molar-refractivity contribution >= 4 is 16.9 Å². The number of benzene rings is 2. The summed E-state index contributed by atoms with van der Waals surface area (Å²) in [7, 11) is 0.